The number of benzene rings is 1. The maximum absolute atomic E-state index is 5.02. The van der Waals surface area contributed by atoms with Gasteiger partial charge in [-0.2, -0.15) is 5.10 Å². The largest absolute Gasteiger partial charge is 0.359 e. The minimum Gasteiger partial charge on any atom is -0.359 e. The van der Waals surface area contributed by atoms with Crippen LogP contribution in [0.4, 0.5) is 0 Å². The van der Waals surface area contributed by atoms with Crippen LogP contribution in [-0.4, -0.2) is 25.1 Å². The summed E-state index contributed by atoms with van der Waals surface area (Å²) in [5.41, 5.74) is 9.72. The molecule has 1 aliphatic carbocycles. The molecule has 0 spiro atoms. The fourth-order valence-electron chi connectivity index (χ4n) is 5.70. The SMILES string of the molecule is C=C/C(=C\C(=C/C)c1ccc2[nH]nc(-c3nc4c(-c5ccc(C(=C)C)s5)cncc4[nH]3)c2c1)NC(=C)C1CCCCC1. The fraction of sp³-hybridized carbons (Fsp3) is 0.229. The van der Waals surface area contributed by atoms with E-state index in [4.69, 9.17) is 4.98 Å². The van der Waals surface area contributed by atoms with Gasteiger partial charge in [-0.15, -0.1) is 11.3 Å². The van der Waals surface area contributed by atoms with Gasteiger partial charge in [0.1, 0.15) is 11.2 Å². The number of fused-ring (bicyclic) bond motifs is 2. The van der Waals surface area contributed by atoms with Gasteiger partial charge in [0, 0.05) is 38.3 Å². The van der Waals surface area contributed by atoms with Crippen LogP contribution < -0.4 is 5.32 Å². The van der Waals surface area contributed by atoms with Crippen molar-refractivity contribution >= 4 is 44.4 Å². The molecular formula is C35H36N6S. The first-order valence-corrected chi connectivity index (χ1v) is 15.3. The van der Waals surface area contributed by atoms with Crippen molar-refractivity contribution in [2.24, 2.45) is 5.92 Å². The third-order valence-electron chi connectivity index (χ3n) is 8.05. The highest BCUT2D eigenvalue weighted by atomic mass is 32.1. The van der Waals surface area contributed by atoms with Crippen molar-refractivity contribution in [1.29, 1.82) is 0 Å². The predicted molar refractivity (Wildman–Crippen MR) is 178 cm³/mol. The van der Waals surface area contributed by atoms with Gasteiger partial charge in [-0.1, -0.05) is 51.1 Å². The summed E-state index contributed by atoms with van der Waals surface area (Å²) in [5.74, 6) is 1.22. The van der Waals surface area contributed by atoms with E-state index in [-0.39, 0.29) is 0 Å². The topological polar surface area (TPSA) is 82.3 Å². The molecule has 1 aromatic carbocycles. The van der Waals surface area contributed by atoms with E-state index in [1.54, 1.807) is 11.3 Å². The summed E-state index contributed by atoms with van der Waals surface area (Å²) in [6.07, 6.45) is 16.1. The molecule has 0 amide bonds. The summed E-state index contributed by atoms with van der Waals surface area (Å²) in [5, 5.41) is 12.4. The molecule has 1 fully saturated rings. The second kappa shape index (κ2) is 11.8. The Morgan fingerprint density at radius 1 is 1.07 bits per heavy atom. The van der Waals surface area contributed by atoms with Crippen LogP contribution in [0.3, 0.4) is 0 Å². The quantitative estimate of drug-likeness (QED) is 0.154. The zero-order valence-electron chi connectivity index (χ0n) is 24.3. The van der Waals surface area contributed by atoms with Gasteiger partial charge in [0.2, 0.25) is 0 Å². The Hall–Kier alpha value is -4.49. The van der Waals surface area contributed by atoms with Crippen molar-refractivity contribution in [2.45, 2.75) is 46.0 Å². The summed E-state index contributed by atoms with van der Waals surface area (Å²) in [6.45, 7) is 16.6. The predicted octanol–water partition coefficient (Wildman–Crippen LogP) is 9.42. The van der Waals surface area contributed by atoms with Crippen molar-refractivity contribution in [2.75, 3.05) is 0 Å². The van der Waals surface area contributed by atoms with E-state index in [9.17, 15) is 0 Å². The first-order valence-electron chi connectivity index (χ1n) is 14.5. The lowest BCUT2D eigenvalue weighted by Crippen LogP contribution is -2.20. The molecule has 0 unspecified atom stereocenters. The lowest BCUT2D eigenvalue weighted by Gasteiger charge is -2.25. The summed E-state index contributed by atoms with van der Waals surface area (Å²) >= 11 is 1.70. The van der Waals surface area contributed by atoms with Crippen LogP contribution in [0, 0.1) is 5.92 Å². The Bertz CT molecular complexity index is 1870. The standard InChI is InChI=1S/C35H36N6S/c1-6-23(17-26(7-2)37-22(5)24-11-9-8-10-12-24)25-13-14-29-27(18-25)34(41-40-29)35-38-30-20-36-19-28(33(30)39-35)32-16-15-31(42-32)21(3)4/h6-7,13-20,24,37H,2-3,5,8-12H2,1,4H3,(H,38,39)(H,40,41)/b23-6+,26-17+. The molecule has 0 saturated heterocycles. The maximum Gasteiger partial charge on any atom is 0.159 e. The lowest BCUT2D eigenvalue weighted by atomic mass is 9.87. The molecular weight excluding hydrogens is 536 g/mol. The Morgan fingerprint density at radius 3 is 2.64 bits per heavy atom. The molecule has 42 heavy (non-hydrogen) atoms. The molecule has 4 aromatic heterocycles. The highest BCUT2D eigenvalue weighted by Crippen LogP contribution is 2.36. The first-order chi connectivity index (χ1) is 20.4. The number of pyridine rings is 1. The second-order valence-electron chi connectivity index (χ2n) is 11.0. The zero-order chi connectivity index (χ0) is 29.2. The van der Waals surface area contributed by atoms with Gasteiger partial charge in [-0.25, -0.2) is 4.98 Å². The lowest BCUT2D eigenvalue weighted by molar-refractivity contribution is 0.393. The summed E-state index contributed by atoms with van der Waals surface area (Å²) in [4.78, 5) is 15.2. The number of hydrogen-bond acceptors (Lipinski definition) is 5. The van der Waals surface area contributed by atoms with Crippen LogP contribution in [0.25, 0.3) is 55.0 Å². The molecule has 212 valence electrons. The van der Waals surface area contributed by atoms with Crippen molar-refractivity contribution in [3.05, 3.63) is 103 Å². The van der Waals surface area contributed by atoms with Crippen molar-refractivity contribution in [3.63, 3.8) is 0 Å². The number of allylic oxidation sites excluding steroid dienone is 6. The van der Waals surface area contributed by atoms with Crippen LogP contribution in [-0.2, 0) is 0 Å². The van der Waals surface area contributed by atoms with E-state index in [0.717, 1.165) is 71.1 Å². The number of nitrogens with zero attached hydrogens (tertiary/aromatic N) is 3. The highest BCUT2D eigenvalue weighted by Gasteiger charge is 2.18. The average Bonchev–Trinajstić information content (AvgIpc) is 3.77. The van der Waals surface area contributed by atoms with Crippen LogP contribution >= 0.6 is 11.3 Å². The molecule has 4 heterocycles. The third-order valence-corrected chi connectivity index (χ3v) is 9.33. The highest BCUT2D eigenvalue weighted by molar-refractivity contribution is 7.16. The third kappa shape index (κ3) is 5.40. The van der Waals surface area contributed by atoms with Crippen molar-refractivity contribution in [1.82, 2.24) is 30.5 Å². The van der Waals surface area contributed by atoms with Crippen LogP contribution in [0.5, 0.6) is 0 Å². The first kappa shape index (κ1) is 27.7. The fourth-order valence-corrected chi connectivity index (χ4v) is 6.64. The van der Waals surface area contributed by atoms with Crippen molar-refractivity contribution in [3.8, 4) is 22.0 Å². The van der Waals surface area contributed by atoms with Gasteiger partial charge in [-0.05, 0) is 85.7 Å². The van der Waals surface area contributed by atoms with E-state index in [0.29, 0.717) is 11.7 Å². The molecule has 0 bridgehead atoms. The van der Waals surface area contributed by atoms with E-state index < -0.39 is 0 Å². The number of imidazole rings is 1. The molecule has 0 aliphatic heterocycles. The van der Waals surface area contributed by atoms with Crippen LogP contribution in [0.2, 0.25) is 0 Å². The average molecular weight is 573 g/mol. The van der Waals surface area contributed by atoms with E-state index in [1.165, 1.54) is 32.1 Å². The molecule has 0 radical (unpaired) electrons. The molecule has 6 nitrogen and oxygen atoms in total. The maximum atomic E-state index is 5.02. The number of hydrogen-bond donors (Lipinski definition) is 3. The molecule has 1 saturated carbocycles. The van der Waals surface area contributed by atoms with Crippen LogP contribution in [0.1, 0.15) is 56.4 Å². The minimum absolute atomic E-state index is 0.522. The zero-order valence-corrected chi connectivity index (χ0v) is 25.1. The Labute approximate surface area is 250 Å². The second-order valence-corrected chi connectivity index (χ2v) is 12.1. The molecule has 1 aliphatic rings. The number of H-pyrrole nitrogens is 2. The normalized spacial score (nSPS) is 14.9. The van der Waals surface area contributed by atoms with E-state index in [2.05, 4.69) is 94.6 Å². The summed E-state index contributed by atoms with van der Waals surface area (Å²) in [7, 11) is 0. The van der Waals surface area contributed by atoms with Crippen LogP contribution in [0.15, 0.2) is 92.1 Å². The molecule has 7 heteroatoms. The van der Waals surface area contributed by atoms with Gasteiger partial charge in [0.05, 0.1) is 17.2 Å². The number of thiophene rings is 1. The molecule has 0 atom stereocenters. The monoisotopic (exact) mass is 572 g/mol. The Kier molecular flexibility index (Phi) is 7.76. The van der Waals surface area contributed by atoms with E-state index in [1.807, 2.05) is 25.4 Å². The van der Waals surface area contributed by atoms with Gasteiger partial charge in [0.25, 0.3) is 0 Å². The van der Waals surface area contributed by atoms with Gasteiger partial charge < -0.3 is 10.3 Å². The summed E-state index contributed by atoms with van der Waals surface area (Å²) in [6, 6.07) is 10.6. The Morgan fingerprint density at radius 2 is 1.90 bits per heavy atom. The smallest absolute Gasteiger partial charge is 0.159 e. The van der Waals surface area contributed by atoms with E-state index >= 15 is 0 Å². The number of aromatic nitrogens is 5. The molecule has 6 rings (SSSR count). The van der Waals surface area contributed by atoms with Gasteiger partial charge >= 0.3 is 0 Å². The number of rotatable bonds is 9. The Balaban J connectivity index is 1.33. The molecule has 5 aromatic rings. The molecule has 3 N–H and O–H groups in total. The van der Waals surface area contributed by atoms with Crippen molar-refractivity contribution < 1.29 is 0 Å². The number of nitrogens with one attached hydrogen (secondary N) is 3. The van der Waals surface area contributed by atoms with Gasteiger partial charge in [0.15, 0.2) is 5.82 Å². The van der Waals surface area contributed by atoms with Gasteiger partial charge in [-0.3, -0.25) is 10.1 Å². The number of aromatic amines is 2. The summed E-state index contributed by atoms with van der Waals surface area (Å²) < 4.78 is 0. The minimum atomic E-state index is 0.522.